The van der Waals surface area contributed by atoms with Crippen LogP contribution in [-0.4, -0.2) is 55.3 Å². The molecule has 2 fully saturated rings. The molecule has 9 heteroatoms. The lowest BCUT2D eigenvalue weighted by Gasteiger charge is -2.43. The van der Waals surface area contributed by atoms with E-state index in [9.17, 15) is 23.1 Å². The van der Waals surface area contributed by atoms with Crippen LogP contribution in [0.3, 0.4) is 0 Å². The Morgan fingerprint density at radius 1 is 1.23 bits per heavy atom. The minimum absolute atomic E-state index is 0.0448. The molecule has 2 aromatic rings. The van der Waals surface area contributed by atoms with Gasteiger partial charge in [0.15, 0.2) is 0 Å². The molecule has 6 nitrogen and oxygen atoms in total. The number of aliphatic hydroxyl groups excluding tert-OH is 1. The summed E-state index contributed by atoms with van der Waals surface area (Å²) in [7, 11) is 0. The number of halogens is 3. The molecule has 1 N–H and O–H groups in total. The maximum absolute atomic E-state index is 13.5. The van der Waals surface area contributed by atoms with Gasteiger partial charge in [-0.25, -0.2) is 0 Å². The van der Waals surface area contributed by atoms with Gasteiger partial charge in [0.25, 0.3) is 0 Å². The van der Waals surface area contributed by atoms with Crippen molar-refractivity contribution in [1.82, 2.24) is 4.90 Å². The predicted octanol–water partition coefficient (Wildman–Crippen LogP) is 3.87. The number of carbonyl (C=O) groups excluding carboxylic acids is 1. The largest absolute Gasteiger partial charge is 0.494 e. The number of rotatable bonds is 6. The number of ether oxygens (including phenoxy) is 1. The van der Waals surface area contributed by atoms with Gasteiger partial charge >= 0.3 is 6.18 Å². The molecule has 0 bridgehead atoms. The van der Waals surface area contributed by atoms with Gasteiger partial charge in [-0.2, -0.15) is 18.4 Å². The van der Waals surface area contributed by atoms with E-state index in [2.05, 4.69) is 0 Å². The number of hydrogen-bond acceptors (Lipinski definition) is 5. The van der Waals surface area contributed by atoms with E-state index in [1.165, 1.54) is 12.1 Å². The van der Waals surface area contributed by atoms with Crippen LogP contribution < -0.4 is 9.64 Å². The molecule has 2 aliphatic rings. The molecule has 1 amide bonds. The monoisotopic (exact) mass is 487 g/mol. The van der Waals surface area contributed by atoms with Gasteiger partial charge in [0, 0.05) is 37.3 Å². The summed E-state index contributed by atoms with van der Waals surface area (Å²) in [5.74, 6) is 0.745. The highest BCUT2D eigenvalue weighted by molar-refractivity contribution is 5.79. The van der Waals surface area contributed by atoms with Gasteiger partial charge < -0.3 is 19.6 Å². The maximum Gasteiger partial charge on any atom is 0.417 e. The van der Waals surface area contributed by atoms with Gasteiger partial charge in [0.05, 0.1) is 36.8 Å². The molecule has 0 radical (unpaired) electrons. The number of fused-ring (bicyclic) bond motifs is 1. The van der Waals surface area contributed by atoms with Gasteiger partial charge in [0.1, 0.15) is 5.75 Å². The summed E-state index contributed by atoms with van der Waals surface area (Å²) in [6.07, 6.45) is -3.74. The second-order valence-corrected chi connectivity index (χ2v) is 9.30. The first-order chi connectivity index (χ1) is 16.7. The lowest BCUT2D eigenvalue weighted by atomic mass is 9.74. The molecule has 0 unspecified atom stereocenters. The molecule has 0 aliphatic carbocycles. The summed E-state index contributed by atoms with van der Waals surface area (Å²) in [4.78, 5) is 16.6. The second-order valence-electron chi connectivity index (χ2n) is 9.30. The number of benzene rings is 2. The minimum atomic E-state index is -4.63. The van der Waals surface area contributed by atoms with E-state index in [1.54, 1.807) is 11.0 Å². The number of anilines is 1. The van der Waals surface area contributed by atoms with E-state index in [0.29, 0.717) is 44.9 Å². The average molecular weight is 488 g/mol. The Balaban J connectivity index is 1.48. The Bertz CT molecular complexity index is 1110. The van der Waals surface area contributed by atoms with Gasteiger partial charge in [-0.05, 0) is 55.2 Å². The zero-order valence-corrected chi connectivity index (χ0v) is 19.5. The Labute approximate surface area is 202 Å². The van der Waals surface area contributed by atoms with E-state index < -0.39 is 22.7 Å². The first-order valence-corrected chi connectivity index (χ1v) is 11.7. The van der Waals surface area contributed by atoms with E-state index in [-0.39, 0.29) is 24.9 Å². The number of amides is 1. The first kappa shape index (κ1) is 24.9. The fourth-order valence-electron chi connectivity index (χ4n) is 5.24. The quantitative estimate of drug-likeness (QED) is 0.670. The number of alkyl halides is 3. The number of hydrogen-bond donors (Lipinski definition) is 1. The van der Waals surface area contributed by atoms with Crippen LogP contribution in [0.4, 0.5) is 18.9 Å². The molecule has 2 aromatic carbocycles. The molecule has 0 saturated carbocycles. The third-order valence-electron chi connectivity index (χ3n) is 7.12. The molecule has 0 aromatic heterocycles. The number of nitrogens with zero attached hydrogens (tertiary/aromatic N) is 3. The van der Waals surface area contributed by atoms with Gasteiger partial charge in [-0.3, -0.25) is 4.79 Å². The summed E-state index contributed by atoms with van der Waals surface area (Å²) in [6, 6.07) is 12.7. The van der Waals surface area contributed by atoms with E-state index >= 15 is 0 Å². The van der Waals surface area contributed by atoms with Crippen molar-refractivity contribution in [2.45, 2.75) is 25.9 Å². The Kier molecular flexibility index (Phi) is 6.95. The molecule has 2 atom stereocenters. The molecule has 2 saturated heterocycles. The van der Waals surface area contributed by atoms with Crippen molar-refractivity contribution in [1.29, 1.82) is 5.26 Å². The predicted molar refractivity (Wildman–Crippen MR) is 124 cm³/mol. The summed E-state index contributed by atoms with van der Waals surface area (Å²) >= 11 is 0. The second kappa shape index (κ2) is 9.78. The maximum atomic E-state index is 13.5. The average Bonchev–Trinajstić information content (AvgIpc) is 3.24. The van der Waals surface area contributed by atoms with Crippen molar-refractivity contribution < 1.29 is 27.8 Å². The zero-order valence-electron chi connectivity index (χ0n) is 19.5. The van der Waals surface area contributed by atoms with Crippen LogP contribution in [0.1, 0.15) is 30.0 Å². The standard InChI is InChI=1S/C26H28F3N3O3/c1-2-35-22-7-3-18(4-8-22)11-24(34)31-10-9-20-14-32(16-25(20,15-31)17-33)21-6-5-19(13-30)23(12-21)26(27,28)29/h3-8,12,20,33H,2,9-11,14-17H2,1H3/t20-,25+/m0/s1. The Hall–Kier alpha value is -3.25. The molecule has 2 heterocycles. The lowest BCUT2D eigenvalue weighted by Crippen LogP contribution is -2.53. The summed E-state index contributed by atoms with van der Waals surface area (Å²) in [5.41, 5.74) is -0.757. The molecule has 0 spiro atoms. The molecular formula is C26H28F3N3O3. The summed E-state index contributed by atoms with van der Waals surface area (Å²) in [5, 5.41) is 19.4. The topological polar surface area (TPSA) is 76.8 Å². The number of aliphatic hydroxyl groups is 1. The molecule has 186 valence electrons. The van der Waals surface area contributed by atoms with Gasteiger partial charge in [0.2, 0.25) is 5.91 Å². The van der Waals surface area contributed by atoms with Crippen molar-refractivity contribution in [3.63, 3.8) is 0 Å². The van der Waals surface area contributed by atoms with Crippen LogP contribution in [0, 0.1) is 22.7 Å². The Morgan fingerprint density at radius 2 is 1.97 bits per heavy atom. The van der Waals surface area contributed by atoms with Gasteiger partial charge in [-0.1, -0.05) is 12.1 Å². The van der Waals surface area contributed by atoms with Crippen molar-refractivity contribution in [3.8, 4) is 11.8 Å². The van der Waals surface area contributed by atoms with Crippen molar-refractivity contribution >= 4 is 11.6 Å². The molecule has 4 rings (SSSR count). The Morgan fingerprint density at radius 3 is 2.60 bits per heavy atom. The highest BCUT2D eigenvalue weighted by Crippen LogP contribution is 2.44. The SMILES string of the molecule is CCOc1ccc(CC(=O)N2CC[C@H]3CN(c4ccc(C#N)c(C(F)(F)F)c4)C[C@@]3(CO)C2)cc1. The normalized spacial score (nSPS) is 22.0. The lowest BCUT2D eigenvalue weighted by molar-refractivity contribution is -0.138. The van der Waals surface area contributed by atoms with Crippen LogP contribution in [-0.2, 0) is 17.4 Å². The van der Waals surface area contributed by atoms with Crippen molar-refractivity contribution in [2.24, 2.45) is 11.3 Å². The van der Waals surface area contributed by atoms with Crippen LogP contribution in [0.15, 0.2) is 42.5 Å². The smallest absolute Gasteiger partial charge is 0.417 e. The van der Waals surface area contributed by atoms with Crippen LogP contribution >= 0.6 is 0 Å². The fraction of sp³-hybridized carbons (Fsp3) is 0.462. The summed E-state index contributed by atoms with van der Waals surface area (Å²) in [6.45, 7) is 4.02. The van der Waals surface area contributed by atoms with Crippen molar-refractivity contribution in [3.05, 3.63) is 59.2 Å². The molecular weight excluding hydrogens is 459 g/mol. The number of likely N-dealkylation sites (tertiary alicyclic amines) is 1. The molecule has 2 aliphatic heterocycles. The third kappa shape index (κ3) is 5.08. The fourth-order valence-corrected chi connectivity index (χ4v) is 5.24. The summed E-state index contributed by atoms with van der Waals surface area (Å²) < 4.78 is 45.8. The minimum Gasteiger partial charge on any atom is -0.494 e. The van der Waals surface area contributed by atoms with E-state index in [1.807, 2.05) is 36.1 Å². The third-order valence-corrected chi connectivity index (χ3v) is 7.12. The highest BCUT2D eigenvalue weighted by atomic mass is 19.4. The van der Waals surface area contributed by atoms with Gasteiger partial charge in [-0.15, -0.1) is 0 Å². The first-order valence-electron chi connectivity index (χ1n) is 11.7. The zero-order chi connectivity index (χ0) is 25.2. The van der Waals surface area contributed by atoms with Crippen LogP contribution in [0.25, 0.3) is 0 Å². The molecule has 35 heavy (non-hydrogen) atoms. The number of carbonyl (C=O) groups is 1. The number of nitriles is 1. The number of piperidine rings is 1. The van der Waals surface area contributed by atoms with Crippen molar-refractivity contribution in [2.75, 3.05) is 44.3 Å². The van der Waals surface area contributed by atoms with Crippen LogP contribution in [0.2, 0.25) is 0 Å². The van der Waals surface area contributed by atoms with E-state index in [0.717, 1.165) is 17.4 Å². The van der Waals surface area contributed by atoms with Crippen LogP contribution in [0.5, 0.6) is 5.75 Å². The highest BCUT2D eigenvalue weighted by Gasteiger charge is 2.50. The van der Waals surface area contributed by atoms with E-state index in [4.69, 9.17) is 10.00 Å².